The molecule has 0 saturated carbocycles. The number of thioether (sulfide) groups is 1. The molecule has 0 radical (unpaired) electrons. The van der Waals surface area contributed by atoms with Gasteiger partial charge in [0.05, 0.1) is 12.9 Å². The minimum atomic E-state index is -2.29. The first-order chi connectivity index (χ1) is 13.7. The Morgan fingerprint density at radius 3 is 2.79 bits per heavy atom. The first-order valence-electron chi connectivity index (χ1n) is 8.93. The molecular weight excluding hydrogens is 421 g/mol. The first kappa shape index (κ1) is 23.4. The van der Waals surface area contributed by atoms with Gasteiger partial charge in [0.25, 0.3) is 5.56 Å². The molecule has 1 atom stereocenters. The molecule has 2 aromatic heterocycles. The van der Waals surface area contributed by atoms with Crippen LogP contribution in [0.1, 0.15) is 27.2 Å². The molecule has 0 bridgehead atoms. The van der Waals surface area contributed by atoms with Crippen molar-refractivity contribution in [3.63, 3.8) is 0 Å². The van der Waals surface area contributed by atoms with Gasteiger partial charge in [0.15, 0.2) is 16.3 Å². The smallest absolute Gasteiger partial charge is 0.369 e. The van der Waals surface area contributed by atoms with E-state index >= 15 is 0 Å². The average molecular weight is 446 g/mol. The van der Waals surface area contributed by atoms with Crippen molar-refractivity contribution < 1.29 is 23.1 Å². The molecule has 29 heavy (non-hydrogen) atoms. The summed E-state index contributed by atoms with van der Waals surface area (Å²) in [7, 11) is -2.29. The molecule has 0 saturated heterocycles. The van der Waals surface area contributed by atoms with Crippen LogP contribution in [0.3, 0.4) is 0 Å². The van der Waals surface area contributed by atoms with E-state index in [1.54, 1.807) is 0 Å². The number of aromatic amines is 1. The zero-order chi connectivity index (χ0) is 21.4. The van der Waals surface area contributed by atoms with Crippen LogP contribution >= 0.6 is 20.0 Å². The van der Waals surface area contributed by atoms with Crippen molar-refractivity contribution in [2.24, 2.45) is 5.41 Å². The fraction of sp³-hybridized carbons (Fsp3) is 0.625. The number of H-pyrrole nitrogens is 1. The minimum Gasteiger partial charge on any atom is -0.369 e. The van der Waals surface area contributed by atoms with Crippen molar-refractivity contribution in [3.8, 4) is 0 Å². The second-order valence-corrected chi connectivity index (χ2v) is 8.67. The fourth-order valence-corrected chi connectivity index (χ4v) is 3.57. The van der Waals surface area contributed by atoms with Gasteiger partial charge in [-0.3, -0.25) is 19.1 Å². The molecule has 0 aliphatic rings. The lowest BCUT2D eigenvalue weighted by atomic mass is 9.92. The van der Waals surface area contributed by atoms with Gasteiger partial charge >= 0.3 is 8.25 Å². The van der Waals surface area contributed by atoms with Gasteiger partial charge in [-0.25, -0.2) is 4.98 Å². The Kier molecular flexibility index (Phi) is 8.72. The van der Waals surface area contributed by atoms with E-state index in [9.17, 15) is 14.2 Å². The van der Waals surface area contributed by atoms with Gasteiger partial charge < -0.3 is 10.5 Å². The Hall–Kier alpha value is -1.85. The number of aromatic nitrogens is 4. The number of carbonyl (C=O) groups excluding carboxylic acids is 1. The van der Waals surface area contributed by atoms with Crippen LogP contribution in [0.2, 0.25) is 0 Å². The maximum absolute atomic E-state index is 12.0. The van der Waals surface area contributed by atoms with Crippen LogP contribution in [0.25, 0.3) is 11.2 Å². The van der Waals surface area contributed by atoms with Crippen molar-refractivity contribution in [1.82, 2.24) is 19.5 Å². The molecule has 0 aromatic carbocycles. The molecule has 11 nitrogen and oxygen atoms in total. The van der Waals surface area contributed by atoms with Gasteiger partial charge in [-0.1, -0.05) is 32.5 Å². The highest BCUT2D eigenvalue weighted by atomic mass is 32.2. The summed E-state index contributed by atoms with van der Waals surface area (Å²) in [5.74, 6) is 0.395. The van der Waals surface area contributed by atoms with E-state index in [2.05, 4.69) is 15.0 Å². The van der Waals surface area contributed by atoms with Crippen LogP contribution < -0.4 is 11.3 Å². The van der Waals surface area contributed by atoms with E-state index in [1.165, 1.54) is 10.9 Å². The van der Waals surface area contributed by atoms with Crippen LogP contribution in [0.4, 0.5) is 5.95 Å². The summed E-state index contributed by atoms with van der Waals surface area (Å²) < 4.78 is 28.7. The molecule has 0 amide bonds. The Balaban J connectivity index is 1.62. The lowest BCUT2D eigenvalue weighted by Crippen LogP contribution is -2.20. The Morgan fingerprint density at radius 1 is 1.34 bits per heavy atom. The van der Waals surface area contributed by atoms with E-state index in [0.29, 0.717) is 11.4 Å². The first-order valence-corrected chi connectivity index (χ1v) is 11.0. The number of imidazole rings is 1. The molecule has 0 fully saturated rings. The molecule has 2 aromatic rings. The Labute approximate surface area is 172 Å². The van der Waals surface area contributed by atoms with Crippen LogP contribution in [-0.4, -0.2) is 50.2 Å². The molecule has 0 aliphatic carbocycles. The largest absolute Gasteiger partial charge is 0.697 e. The third-order valence-corrected chi connectivity index (χ3v) is 6.07. The SMILES string of the molecule is CCC(C)(C)C(=O)SCCO[P+](=O)OCCOCn1cnc2c(=O)[nH]c(N)nc21. The van der Waals surface area contributed by atoms with Crippen LogP contribution in [0.5, 0.6) is 0 Å². The second kappa shape index (κ2) is 10.8. The van der Waals surface area contributed by atoms with Gasteiger partial charge in [-0.15, -0.1) is 9.05 Å². The predicted octanol–water partition coefficient (Wildman–Crippen LogP) is 2.06. The molecule has 1 unspecified atom stereocenters. The summed E-state index contributed by atoms with van der Waals surface area (Å²) >= 11 is 1.16. The number of carbonyl (C=O) groups is 1. The number of nitrogens with zero attached hydrogens (tertiary/aromatic N) is 3. The zero-order valence-electron chi connectivity index (χ0n) is 16.5. The molecular formula is C16H25N5O6PS+. The van der Waals surface area contributed by atoms with Crippen LogP contribution in [0, 0.1) is 5.41 Å². The van der Waals surface area contributed by atoms with Gasteiger partial charge in [0, 0.05) is 15.7 Å². The summed E-state index contributed by atoms with van der Waals surface area (Å²) in [4.78, 5) is 34.0. The van der Waals surface area contributed by atoms with Gasteiger partial charge in [-0.05, 0) is 6.42 Å². The third-order valence-electron chi connectivity index (χ3n) is 4.10. The number of nitrogen functional groups attached to an aromatic ring is 1. The van der Waals surface area contributed by atoms with E-state index in [0.717, 1.165) is 18.2 Å². The van der Waals surface area contributed by atoms with E-state index in [4.69, 9.17) is 19.5 Å². The maximum Gasteiger partial charge on any atom is 0.697 e. The monoisotopic (exact) mass is 446 g/mol. The summed E-state index contributed by atoms with van der Waals surface area (Å²) in [5.41, 5.74) is 5.18. The molecule has 0 spiro atoms. The average Bonchev–Trinajstić information content (AvgIpc) is 3.07. The number of anilines is 1. The predicted molar refractivity (Wildman–Crippen MR) is 110 cm³/mol. The minimum absolute atomic E-state index is 0.0140. The topological polar surface area (TPSA) is 151 Å². The molecule has 160 valence electrons. The third kappa shape index (κ3) is 6.86. The van der Waals surface area contributed by atoms with Crippen LogP contribution in [0.15, 0.2) is 11.1 Å². The molecule has 3 N–H and O–H groups in total. The van der Waals surface area contributed by atoms with Crippen molar-refractivity contribution in [3.05, 3.63) is 16.7 Å². The highest BCUT2D eigenvalue weighted by molar-refractivity contribution is 8.13. The Bertz CT molecular complexity index is 915. The van der Waals surface area contributed by atoms with Gasteiger partial charge in [-0.2, -0.15) is 4.98 Å². The van der Waals surface area contributed by atoms with Crippen molar-refractivity contribution in [2.45, 2.75) is 33.9 Å². The summed E-state index contributed by atoms with van der Waals surface area (Å²) in [6.45, 7) is 6.15. The Morgan fingerprint density at radius 2 is 2.07 bits per heavy atom. The molecule has 13 heteroatoms. The number of ether oxygens (including phenoxy) is 1. The van der Waals surface area contributed by atoms with Crippen LogP contribution in [-0.2, 0) is 29.9 Å². The van der Waals surface area contributed by atoms with Crippen molar-refractivity contribution >= 4 is 42.2 Å². The number of hydrogen-bond acceptors (Lipinski definition) is 10. The normalized spacial score (nSPS) is 12.4. The highest BCUT2D eigenvalue weighted by Gasteiger charge is 2.26. The fourth-order valence-electron chi connectivity index (χ4n) is 2.02. The van der Waals surface area contributed by atoms with Crippen molar-refractivity contribution in [2.75, 3.05) is 31.3 Å². The van der Waals surface area contributed by atoms with Crippen molar-refractivity contribution in [1.29, 1.82) is 0 Å². The summed E-state index contributed by atoms with van der Waals surface area (Å²) in [5, 5.41) is 0.0819. The summed E-state index contributed by atoms with van der Waals surface area (Å²) in [6, 6.07) is 0. The number of nitrogens with two attached hydrogens (primary N) is 1. The van der Waals surface area contributed by atoms with E-state index < -0.39 is 13.8 Å². The zero-order valence-corrected chi connectivity index (χ0v) is 18.3. The lowest BCUT2D eigenvalue weighted by molar-refractivity contribution is -0.118. The highest BCUT2D eigenvalue weighted by Crippen LogP contribution is 2.28. The van der Waals surface area contributed by atoms with Gasteiger partial charge in [0.1, 0.15) is 19.9 Å². The number of hydrogen-bond donors (Lipinski definition) is 2. The lowest BCUT2D eigenvalue weighted by Gasteiger charge is -2.19. The van der Waals surface area contributed by atoms with Gasteiger partial charge in [0.2, 0.25) is 5.95 Å². The second-order valence-electron chi connectivity index (χ2n) is 6.64. The van der Waals surface area contributed by atoms with E-state index in [-0.39, 0.29) is 48.5 Å². The number of rotatable bonds is 12. The maximum atomic E-state index is 12.0. The van der Waals surface area contributed by atoms with E-state index in [1.807, 2.05) is 20.8 Å². The standard InChI is InChI=1S/C16H24N5O6PS/c1-4-16(2,3)14(23)29-8-7-27-28(24)26-6-5-25-10-21-9-18-11-12(21)19-15(17)20-13(11)22/h9H,4-8,10H2,1-3H3,(H2-,17,19,20,22)/p+1. The number of nitrogens with one attached hydrogen (secondary N) is 1. The molecule has 0 aliphatic heterocycles. The molecule has 2 heterocycles. The summed E-state index contributed by atoms with van der Waals surface area (Å²) in [6.07, 6.45) is 2.17. The number of fused-ring (bicyclic) bond motifs is 1. The quantitative estimate of drug-likeness (QED) is 0.366. The molecule has 2 rings (SSSR count).